The van der Waals surface area contributed by atoms with E-state index in [0.717, 1.165) is 19.1 Å². The Morgan fingerprint density at radius 1 is 1.10 bits per heavy atom. The molecule has 1 fully saturated rings. The Labute approximate surface area is 253 Å². The monoisotopic (exact) mass is 633 g/mol. The predicted octanol–water partition coefficient (Wildman–Crippen LogP) is 3.88. The minimum Gasteiger partial charge on any atom is -0.505 e. The van der Waals surface area contributed by atoms with E-state index >= 15 is 0 Å². The molecule has 1 aliphatic carbocycles. The average molecular weight is 635 g/mol. The molecule has 1 aromatic heterocycles. The number of amides is 2. The summed E-state index contributed by atoms with van der Waals surface area (Å²) in [6, 6.07) is 9.62. The lowest BCUT2D eigenvalue weighted by atomic mass is 9.76. The van der Waals surface area contributed by atoms with Gasteiger partial charge in [0, 0.05) is 27.7 Å². The number of fused-ring (bicyclic) bond motifs is 1. The second kappa shape index (κ2) is 12.5. The van der Waals surface area contributed by atoms with Crippen LogP contribution in [-0.4, -0.2) is 58.5 Å². The van der Waals surface area contributed by atoms with Gasteiger partial charge in [0.15, 0.2) is 11.6 Å². The molecular weight excluding hydrogens is 605 g/mol. The van der Waals surface area contributed by atoms with Crippen LogP contribution in [0.25, 0.3) is 0 Å². The van der Waals surface area contributed by atoms with Gasteiger partial charge in [-0.1, -0.05) is 60.3 Å². The fourth-order valence-corrected chi connectivity index (χ4v) is 7.13. The molecule has 0 radical (unpaired) electrons. The number of nitrogens with zero attached hydrogens (tertiary/aromatic N) is 3. The van der Waals surface area contributed by atoms with Crippen molar-refractivity contribution in [1.82, 2.24) is 25.1 Å². The molecule has 0 bridgehead atoms. The lowest BCUT2D eigenvalue weighted by Gasteiger charge is -2.49. The first-order valence-electron chi connectivity index (χ1n) is 13.3. The molecule has 1 aliphatic heterocycles. The molecule has 4 atom stereocenters. The highest BCUT2D eigenvalue weighted by molar-refractivity contribution is 7.88. The summed E-state index contributed by atoms with van der Waals surface area (Å²) in [7, 11) is -3.60. The summed E-state index contributed by atoms with van der Waals surface area (Å²) in [4.78, 5) is 43.2. The summed E-state index contributed by atoms with van der Waals surface area (Å²) in [6.45, 7) is -0.182. The van der Waals surface area contributed by atoms with Crippen molar-refractivity contribution in [3.63, 3.8) is 0 Å². The van der Waals surface area contributed by atoms with Crippen LogP contribution < -0.4 is 10.2 Å². The number of aromatic hydroxyl groups is 1. The van der Waals surface area contributed by atoms with E-state index < -0.39 is 40.0 Å². The third-order valence-electron chi connectivity index (χ3n) is 7.46. The molecule has 14 heteroatoms. The largest absolute Gasteiger partial charge is 0.505 e. The van der Waals surface area contributed by atoms with E-state index in [2.05, 4.69) is 20.2 Å². The van der Waals surface area contributed by atoms with Crippen molar-refractivity contribution in [2.75, 3.05) is 6.26 Å². The van der Waals surface area contributed by atoms with Gasteiger partial charge in [0.05, 0.1) is 30.6 Å². The lowest BCUT2D eigenvalue weighted by molar-refractivity contribution is -0.138. The van der Waals surface area contributed by atoms with Crippen molar-refractivity contribution in [2.24, 2.45) is 0 Å². The van der Waals surface area contributed by atoms with Gasteiger partial charge in [-0.2, -0.15) is 0 Å². The van der Waals surface area contributed by atoms with Gasteiger partial charge in [0.1, 0.15) is 6.61 Å². The lowest BCUT2D eigenvalue weighted by Crippen LogP contribution is -2.59. The number of rotatable bonds is 8. The third-order valence-corrected chi connectivity index (χ3v) is 8.75. The van der Waals surface area contributed by atoms with Gasteiger partial charge < -0.3 is 10.0 Å². The van der Waals surface area contributed by atoms with E-state index in [1.807, 2.05) is 0 Å². The van der Waals surface area contributed by atoms with Crippen molar-refractivity contribution in [3.05, 3.63) is 87.4 Å². The highest BCUT2D eigenvalue weighted by atomic mass is 35.5. The standard InChI is InChI=1S/C28H29Cl2N5O6S/c1-42(39,40)34-22-8-4-5-9-23(22)35-26(20-11-10-16(29)12-21(20)30)25(18-6-2-3-7-19(18)28(35)38)27(37)33-41-15-24-31-13-17(36)14-32-24/h2-3,6-7,10-14,22-23,25-26,34,36H,4-5,8-9,15H2,1H3,(H,33,37)/t22-,23-,25+,26-/m0/s1. The molecule has 222 valence electrons. The van der Waals surface area contributed by atoms with E-state index in [9.17, 15) is 23.1 Å². The van der Waals surface area contributed by atoms with Gasteiger partial charge in [-0.25, -0.2) is 28.6 Å². The zero-order chi connectivity index (χ0) is 30.0. The number of hydrogen-bond donors (Lipinski definition) is 3. The Bertz CT molecular complexity index is 1590. The summed E-state index contributed by atoms with van der Waals surface area (Å²) in [5.41, 5.74) is 3.75. The van der Waals surface area contributed by atoms with Crippen molar-refractivity contribution in [3.8, 4) is 5.75 Å². The molecular formula is C28H29Cl2N5O6S. The highest BCUT2D eigenvalue weighted by Crippen LogP contribution is 2.47. The van der Waals surface area contributed by atoms with Crippen LogP contribution >= 0.6 is 23.2 Å². The fraction of sp³-hybridized carbons (Fsp3) is 0.357. The highest BCUT2D eigenvalue weighted by Gasteiger charge is 2.49. The van der Waals surface area contributed by atoms with Crippen LogP contribution in [0.1, 0.15) is 65.0 Å². The van der Waals surface area contributed by atoms with Crippen LogP contribution in [0.15, 0.2) is 54.9 Å². The summed E-state index contributed by atoms with van der Waals surface area (Å²) in [5, 5.41) is 10.1. The van der Waals surface area contributed by atoms with Gasteiger partial charge in [0.25, 0.3) is 11.8 Å². The van der Waals surface area contributed by atoms with Gasteiger partial charge in [-0.05, 0) is 42.2 Å². The molecule has 2 aliphatic rings. The number of carbonyl (C=O) groups is 2. The van der Waals surface area contributed by atoms with Crippen LogP contribution in [0.4, 0.5) is 0 Å². The molecule has 1 saturated carbocycles. The number of nitrogens with one attached hydrogen (secondary N) is 2. The number of hydroxylamine groups is 1. The van der Waals surface area contributed by atoms with Gasteiger partial charge >= 0.3 is 0 Å². The van der Waals surface area contributed by atoms with E-state index in [4.69, 9.17) is 28.0 Å². The van der Waals surface area contributed by atoms with Crippen LogP contribution in [0.2, 0.25) is 10.0 Å². The first-order chi connectivity index (χ1) is 20.0. The first-order valence-corrected chi connectivity index (χ1v) is 15.9. The van der Waals surface area contributed by atoms with Crippen LogP contribution in [0.3, 0.4) is 0 Å². The maximum absolute atomic E-state index is 14.3. The number of aromatic nitrogens is 2. The predicted molar refractivity (Wildman–Crippen MR) is 155 cm³/mol. The Hall–Kier alpha value is -3.29. The maximum Gasteiger partial charge on any atom is 0.255 e. The number of sulfonamides is 1. The second-order valence-corrected chi connectivity index (χ2v) is 13.0. The molecule has 2 heterocycles. The molecule has 2 amide bonds. The molecule has 3 N–H and O–H groups in total. The normalized spacial score (nSPS) is 22.5. The molecule has 2 aromatic carbocycles. The Kier molecular flexibility index (Phi) is 9.00. The number of halogens is 2. The number of benzene rings is 2. The quantitative estimate of drug-likeness (QED) is 0.316. The van der Waals surface area contributed by atoms with E-state index in [-0.39, 0.29) is 29.1 Å². The van der Waals surface area contributed by atoms with Gasteiger partial charge in [0.2, 0.25) is 10.0 Å². The molecule has 3 aromatic rings. The summed E-state index contributed by atoms with van der Waals surface area (Å²) in [5.74, 6) is -1.77. The van der Waals surface area contributed by atoms with E-state index in [1.54, 1.807) is 47.4 Å². The van der Waals surface area contributed by atoms with Crippen molar-refractivity contribution in [2.45, 2.75) is 56.3 Å². The fourth-order valence-electron chi connectivity index (χ4n) is 5.79. The minimum atomic E-state index is -3.60. The minimum absolute atomic E-state index is 0.111. The summed E-state index contributed by atoms with van der Waals surface area (Å²) >= 11 is 12.9. The third kappa shape index (κ3) is 6.52. The molecule has 11 nitrogen and oxygen atoms in total. The Balaban J connectivity index is 1.58. The van der Waals surface area contributed by atoms with Crippen LogP contribution in [0, 0.1) is 0 Å². The van der Waals surface area contributed by atoms with E-state index in [1.165, 1.54) is 12.4 Å². The average Bonchev–Trinajstić information content (AvgIpc) is 2.94. The van der Waals surface area contributed by atoms with Gasteiger partial charge in [-0.3, -0.25) is 14.4 Å². The number of carbonyl (C=O) groups excluding carboxylic acids is 2. The van der Waals surface area contributed by atoms with Gasteiger partial charge in [-0.15, -0.1) is 0 Å². The first kappa shape index (κ1) is 30.2. The van der Waals surface area contributed by atoms with Crippen LogP contribution in [-0.2, 0) is 26.3 Å². The van der Waals surface area contributed by atoms with Crippen molar-refractivity contribution < 1.29 is 28.0 Å². The zero-order valence-electron chi connectivity index (χ0n) is 22.5. The molecule has 42 heavy (non-hydrogen) atoms. The molecule has 0 spiro atoms. The van der Waals surface area contributed by atoms with Crippen molar-refractivity contribution in [1.29, 1.82) is 0 Å². The Morgan fingerprint density at radius 3 is 2.52 bits per heavy atom. The SMILES string of the molecule is CS(=O)(=O)N[C@H]1CCCC[C@@H]1N1C(=O)c2ccccc2[C@@H](C(=O)NOCc2ncc(O)cn2)[C@@H]1c1ccc(Cl)cc1Cl. The maximum atomic E-state index is 14.3. The van der Waals surface area contributed by atoms with Crippen LogP contribution in [0.5, 0.6) is 5.75 Å². The summed E-state index contributed by atoms with van der Waals surface area (Å²) in [6.07, 6.45) is 6.10. The van der Waals surface area contributed by atoms with Crippen molar-refractivity contribution >= 4 is 45.0 Å². The smallest absolute Gasteiger partial charge is 0.255 e. The second-order valence-electron chi connectivity index (χ2n) is 10.3. The summed E-state index contributed by atoms with van der Waals surface area (Å²) < 4.78 is 27.4. The van der Waals surface area contributed by atoms with E-state index in [0.29, 0.717) is 34.6 Å². The molecule has 5 rings (SSSR count). The zero-order valence-corrected chi connectivity index (χ0v) is 24.9. The molecule has 0 saturated heterocycles. The number of hydrogen-bond acceptors (Lipinski definition) is 8. The Morgan fingerprint density at radius 2 is 1.81 bits per heavy atom. The molecule has 0 unspecified atom stereocenters. The topological polar surface area (TPSA) is 151 Å².